The topological polar surface area (TPSA) is 68.0 Å². The van der Waals surface area contributed by atoms with Gasteiger partial charge < -0.3 is 11.1 Å². The lowest BCUT2D eigenvalue weighted by Gasteiger charge is -2.08. The number of nitrogens with one attached hydrogen (secondary N) is 1. The van der Waals surface area contributed by atoms with Gasteiger partial charge in [0.2, 0.25) is 5.91 Å². The molecule has 1 aromatic carbocycles. The lowest BCUT2D eigenvalue weighted by atomic mass is 10.1. The smallest absolute Gasteiger partial charge is 0.250 e. The first kappa shape index (κ1) is 13.8. The second-order valence-corrected chi connectivity index (χ2v) is 5.47. The fourth-order valence-electron chi connectivity index (χ4n) is 2.29. The second kappa shape index (κ2) is 5.33. The van der Waals surface area contributed by atoms with E-state index < -0.39 is 5.91 Å². The van der Waals surface area contributed by atoms with Crippen LogP contribution >= 0.6 is 11.6 Å². The van der Waals surface area contributed by atoms with Crippen LogP contribution in [0.25, 0.3) is 0 Å². The molecule has 0 aliphatic heterocycles. The number of amides is 1. The van der Waals surface area contributed by atoms with Crippen molar-refractivity contribution in [1.29, 1.82) is 0 Å². The van der Waals surface area contributed by atoms with Crippen molar-refractivity contribution in [3.63, 3.8) is 0 Å². The van der Waals surface area contributed by atoms with E-state index in [1.807, 2.05) is 0 Å². The first-order valence-electron chi connectivity index (χ1n) is 6.52. The maximum Gasteiger partial charge on any atom is 0.250 e. The summed E-state index contributed by atoms with van der Waals surface area (Å²) in [4.78, 5) is 15.2. The molecule has 21 heavy (non-hydrogen) atoms. The van der Waals surface area contributed by atoms with Crippen molar-refractivity contribution >= 4 is 23.3 Å². The Morgan fingerprint density at radius 2 is 2.10 bits per heavy atom. The molecule has 3 N–H and O–H groups in total. The number of carbonyl (C=O) groups is 1. The summed E-state index contributed by atoms with van der Waals surface area (Å²) >= 11 is 6.08. The summed E-state index contributed by atoms with van der Waals surface area (Å²) in [7, 11) is 0. The third kappa shape index (κ3) is 2.97. The first-order valence-corrected chi connectivity index (χ1v) is 6.90. The minimum absolute atomic E-state index is 0.208. The number of nitrogens with zero attached hydrogens (tertiary/aromatic N) is 1. The molecule has 108 valence electrons. The fraction of sp³-hybridized carbons (Fsp3) is 0.200. The molecule has 2 atom stereocenters. The molecule has 0 bridgehead atoms. The molecule has 1 fully saturated rings. The molecule has 1 aliphatic rings. The van der Waals surface area contributed by atoms with Crippen molar-refractivity contribution in [3.05, 3.63) is 58.5 Å². The van der Waals surface area contributed by atoms with Gasteiger partial charge in [-0.2, -0.15) is 0 Å². The summed E-state index contributed by atoms with van der Waals surface area (Å²) in [6, 6.07) is 8.18. The van der Waals surface area contributed by atoms with Crippen LogP contribution in [-0.2, 0) is 0 Å². The van der Waals surface area contributed by atoms with Crippen LogP contribution in [0.2, 0.25) is 5.02 Å². The van der Waals surface area contributed by atoms with Gasteiger partial charge in [0.25, 0.3) is 0 Å². The van der Waals surface area contributed by atoms with Gasteiger partial charge in [0.05, 0.1) is 10.6 Å². The first-order chi connectivity index (χ1) is 10.0. The number of rotatable bonds is 4. The standard InChI is InChI=1S/C15H13ClFN3O/c16-12-5-9(14(18)21)7-19-15(12)20-13-6-11(13)8-1-3-10(17)4-2-8/h1-5,7,11,13H,6H2,(H2,18,21)(H,19,20)/t11-,13+/m0/s1. The monoisotopic (exact) mass is 305 g/mol. The Balaban J connectivity index is 1.69. The van der Waals surface area contributed by atoms with Gasteiger partial charge in [-0.05, 0) is 30.2 Å². The van der Waals surface area contributed by atoms with E-state index in [2.05, 4.69) is 10.3 Å². The van der Waals surface area contributed by atoms with Gasteiger partial charge in [0.1, 0.15) is 11.6 Å². The van der Waals surface area contributed by atoms with E-state index in [1.54, 1.807) is 12.1 Å². The van der Waals surface area contributed by atoms with Crippen molar-refractivity contribution in [1.82, 2.24) is 4.98 Å². The third-order valence-corrected chi connectivity index (χ3v) is 3.82. The van der Waals surface area contributed by atoms with Crippen molar-refractivity contribution in [3.8, 4) is 0 Å². The molecule has 0 spiro atoms. The Bertz CT molecular complexity index is 690. The van der Waals surface area contributed by atoms with Gasteiger partial charge in [-0.15, -0.1) is 0 Å². The maximum atomic E-state index is 12.9. The van der Waals surface area contributed by atoms with Crippen LogP contribution in [0.5, 0.6) is 0 Å². The number of aromatic nitrogens is 1. The van der Waals surface area contributed by atoms with E-state index in [0.29, 0.717) is 16.8 Å². The van der Waals surface area contributed by atoms with Crippen LogP contribution in [0.1, 0.15) is 28.3 Å². The predicted octanol–water partition coefficient (Wildman–Crippen LogP) is 2.94. The molecule has 2 aromatic rings. The average molecular weight is 306 g/mol. The Kier molecular flexibility index (Phi) is 3.51. The van der Waals surface area contributed by atoms with E-state index in [1.165, 1.54) is 24.4 Å². The lowest BCUT2D eigenvalue weighted by Crippen LogP contribution is -2.12. The van der Waals surface area contributed by atoms with Gasteiger partial charge in [0.15, 0.2) is 0 Å². The van der Waals surface area contributed by atoms with Crippen LogP contribution < -0.4 is 11.1 Å². The molecule has 4 nitrogen and oxygen atoms in total. The lowest BCUT2D eigenvalue weighted by molar-refractivity contribution is 0.1000. The zero-order chi connectivity index (χ0) is 15.0. The van der Waals surface area contributed by atoms with Crippen LogP contribution in [0.15, 0.2) is 36.5 Å². The average Bonchev–Trinajstić information content (AvgIpc) is 3.21. The van der Waals surface area contributed by atoms with Crippen LogP contribution in [0, 0.1) is 5.82 Å². The molecule has 1 aromatic heterocycles. The Labute approximate surface area is 126 Å². The van der Waals surface area contributed by atoms with Gasteiger partial charge in [0, 0.05) is 18.2 Å². The second-order valence-electron chi connectivity index (χ2n) is 5.06. The molecule has 0 saturated heterocycles. The maximum absolute atomic E-state index is 12.9. The number of hydrogen-bond acceptors (Lipinski definition) is 3. The number of nitrogens with two attached hydrogens (primary N) is 1. The van der Waals surface area contributed by atoms with E-state index in [4.69, 9.17) is 17.3 Å². The van der Waals surface area contributed by atoms with Crippen molar-refractivity contribution in [2.45, 2.75) is 18.4 Å². The highest BCUT2D eigenvalue weighted by atomic mass is 35.5. The van der Waals surface area contributed by atoms with Crippen LogP contribution in [0.4, 0.5) is 10.2 Å². The van der Waals surface area contributed by atoms with Crippen LogP contribution in [0.3, 0.4) is 0 Å². The van der Waals surface area contributed by atoms with E-state index in [9.17, 15) is 9.18 Å². The third-order valence-electron chi connectivity index (χ3n) is 3.54. The summed E-state index contributed by atoms with van der Waals surface area (Å²) in [5.74, 6) is 0.0396. The van der Waals surface area contributed by atoms with Crippen molar-refractivity contribution in [2.24, 2.45) is 5.73 Å². The van der Waals surface area contributed by atoms with Gasteiger partial charge in [-0.25, -0.2) is 9.37 Å². The molecule has 0 radical (unpaired) electrons. The van der Waals surface area contributed by atoms with Crippen molar-refractivity contribution < 1.29 is 9.18 Å². The Morgan fingerprint density at radius 1 is 1.38 bits per heavy atom. The molecule has 1 saturated carbocycles. The van der Waals surface area contributed by atoms with Gasteiger partial charge in [-0.3, -0.25) is 4.79 Å². The number of primary amides is 1. The summed E-state index contributed by atoms with van der Waals surface area (Å²) < 4.78 is 12.9. The fourth-order valence-corrected chi connectivity index (χ4v) is 2.51. The number of hydrogen-bond donors (Lipinski definition) is 2. The molecule has 1 aliphatic carbocycles. The highest BCUT2D eigenvalue weighted by Crippen LogP contribution is 2.43. The molecule has 3 rings (SSSR count). The number of anilines is 1. The Hall–Kier alpha value is -2.14. The normalized spacial score (nSPS) is 20.1. The zero-order valence-electron chi connectivity index (χ0n) is 11.0. The number of halogens is 2. The SMILES string of the molecule is NC(=O)c1cnc(N[C@@H]2C[C@H]2c2ccc(F)cc2)c(Cl)c1. The quantitative estimate of drug-likeness (QED) is 0.912. The largest absolute Gasteiger partial charge is 0.366 e. The summed E-state index contributed by atoms with van der Waals surface area (Å²) in [6.45, 7) is 0. The predicted molar refractivity (Wildman–Crippen MR) is 78.9 cm³/mol. The van der Waals surface area contributed by atoms with E-state index in [-0.39, 0.29) is 17.4 Å². The van der Waals surface area contributed by atoms with Gasteiger partial charge >= 0.3 is 0 Å². The zero-order valence-corrected chi connectivity index (χ0v) is 11.8. The summed E-state index contributed by atoms with van der Waals surface area (Å²) in [6.07, 6.45) is 2.33. The Morgan fingerprint density at radius 3 is 2.71 bits per heavy atom. The minimum Gasteiger partial charge on any atom is -0.366 e. The molecule has 1 heterocycles. The molecule has 1 amide bonds. The number of pyridine rings is 1. The molecular weight excluding hydrogens is 293 g/mol. The summed E-state index contributed by atoms with van der Waals surface area (Å²) in [5.41, 5.74) is 6.52. The minimum atomic E-state index is -0.563. The van der Waals surface area contributed by atoms with Crippen molar-refractivity contribution in [2.75, 3.05) is 5.32 Å². The van der Waals surface area contributed by atoms with E-state index >= 15 is 0 Å². The molecular formula is C15H13ClFN3O. The molecule has 0 unspecified atom stereocenters. The van der Waals surface area contributed by atoms with Gasteiger partial charge in [-0.1, -0.05) is 23.7 Å². The number of benzene rings is 1. The van der Waals surface area contributed by atoms with E-state index in [0.717, 1.165) is 12.0 Å². The highest BCUT2D eigenvalue weighted by Gasteiger charge is 2.38. The highest BCUT2D eigenvalue weighted by molar-refractivity contribution is 6.33. The number of carbonyl (C=O) groups excluding carboxylic acids is 1. The van der Waals surface area contributed by atoms with Crippen LogP contribution in [-0.4, -0.2) is 16.9 Å². The molecule has 6 heteroatoms. The summed E-state index contributed by atoms with van der Waals surface area (Å²) in [5, 5.41) is 3.58.